The van der Waals surface area contributed by atoms with Crippen molar-refractivity contribution in [2.75, 3.05) is 0 Å². The van der Waals surface area contributed by atoms with Crippen LogP contribution in [0.25, 0.3) is 0 Å². The van der Waals surface area contributed by atoms with E-state index in [1.165, 1.54) is 12.1 Å². The summed E-state index contributed by atoms with van der Waals surface area (Å²) < 4.78 is 13.4. The monoisotopic (exact) mass is 261 g/mol. The molecular weight excluding hydrogens is 256 g/mol. The summed E-state index contributed by atoms with van der Waals surface area (Å²) in [5.74, 6) is -0.238. The van der Waals surface area contributed by atoms with Gasteiger partial charge in [-0.3, -0.25) is 0 Å². The Morgan fingerprint density at radius 3 is 2.82 bits per heavy atom. The van der Waals surface area contributed by atoms with Crippen LogP contribution in [0, 0.1) is 17.1 Å². The SMILES string of the molecule is N#Cc1ccc(F)c(CI)c1. The van der Waals surface area contributed by atoms with Crippen molar-refractivity contribution in [1.29, 1.82) is 5.26 Å². The topological polar surface area (TPSA) is 23.8 Å². The van der Waals surface area contributed by atoms with Gasteiger partial charge < -0.3 is 0 Å². The molecule has 56 valence electrons. The first-order valence-corrected chi connectivity index (χ1v) is 4.55. The van der Waals surface area contributed by atoms with Crippen LogP contribution in [-0.2, 0) is 4.43 Å². The second kappa shape index (κ2) is 3.67. The van der Waals surface area contributed by atoms with E-state index in [0.717, 1.165) is 0 Å². The maximum absolute atomic E-state index is 12.8. The lowest BCUT2D eigenvalue weighted by Crippen LogP contribution is -1.86. The van der Waals surface area contributed by atoms with Crippen molar-refractivity contribution in [3.05, 3.63) is 35.1 Å². The van der Waals surface area contributed by atoms with Crippen molar-refractivity contribution in [2.24, 2.45) is 0 Å². The van der Waals surface area contributed by atoms with Gasteiger partial charge >= 0.3 is 0 Å². The van der Waals surface area contributed by atoms with Gasteiger partial charge in [-0.1, -0.05) is 22.6 Å². The van der Waals surface area contributed by atoms with Crippen molar-refractivity contribution in [3.8, 4) is 6.07 Å². The summed E-state index contributed by atoms with van der Waals surface area (Å²) in [7, 11) is 0. The highest BCUT2D eigenvalue weighted by Gasteiger charge is 2.00. The van der Waals surface area contributed by atoms with Crippen LogP contribution in [0.1, 0.15) is 11.1 Å². The third-order valence-electron chi connectivity index (χ3n) is 1.32. The number of nitrogens with zero attached hydrogens (tertiary/aromatic N) is 1. The molecule has 3 heteroatoms. The molecule has 0 radical (unpaired) electrons. The second-order valence-corrected chi connectivity index (χ2v) is 2.81. The molecule has 0 aliphatic heterocycles. The first-order valence-electron chi connectivity index (χ1n) is 3.02. The quantitative estimate of drug-likeness (QED) is 0.563. The first kappa shape index (κ1) is 8.47. The molecule has 0 aromatic heterocycles. The van der Waals surface area contributed by atoms with E-state index in [0.29, 0.717) is 15.6 Å². The third kappa shape index (κ3) is 1.90. The molecule has 0 fully saturated rings. The lowest BCUT2D eigenvalue weighted by atomic mass is 10.1. The Morgan fingerprint density at radius 2 is 2.27 bits per heavy atom. The molecule has 0 N–H and O–H groups in total. The maximum atomic E-state index is 12.8. The Hall–Kier alpha value is -0.630. The summed E-state index contributed by atoms with van der Waals surface area (Å²) in [6.07, 6.45) is 0. The molecule has 0 aliphatic carbocycles. The summed E-state index contributed by atoms with van der Waals surface area (Å²) >= 11 is 2.06. The molecule has 0 aliphatic rings. The van der Waals surface area contributed by atoms with E-state index in [-0.39, 0.29) is 5.82 Å². The van der Waals surface area contributed by atoms with E-state index in [1.807, 2.05) is 6.07 Å². The number of alkyl halides is 1. The van der Waals surface area contributed by atoms with Crippen molar-refractivity contribution in [3.63, 3.8) is 0 Å². The van der Waals surface area contributed by atoms with E-state index in [4.69, 9.17) is 5.26 Å². The summed E-state index contributed by atoms with van der Waals surface area (Å²) in [4.78, 5) is 0. The summed E-state index contributed by atoms with van der Waals surface area (Å²) in [6.45, 7) is 0. The van der Waals surface area contributed by atoms with Crippen molar-refractivity contribution >= 4 is 22.6 Å². The number of halogens is 2. The zero-order valence-corrected chi connectivity index (χ0v) is 7.80. The molecule has 1 rings (SSSR count). The van der Waals surface area contributed by atoms with Crippen LogP contribution >= 0.6 is 22.6 Å². The standard InChI is InChI=1S/C8H5FIN/c9-8-2-1-6(5-11)3-7(8)4-10/h1-3H,4H2. The highest BCUT2D eigenvalue weighted by atomic mass is 127. The molecule has 0 spiro atoms. The zero-order valence-electron chi connectivity index (χ0n) is 5.64. The smallest absolute Gasteiger partial charge is 0.127 e. The fourth-order valence-corrected chi connectivity index (χ4v) is 1.33. The Balaban J connectivity index is 3.15. The van der Waals surface area contributed by atoms with Crippen molar-refractivity contribution in [2.45, 2.75) is 4.43 Å². The largest absolute Gasteiger partial charge is 0.207 e. The number of hydrogen-bond acceptors (Lipinski definition) is 1. The Morgan fingerprint density at radius 1 is 1.55 bits per heavy atom. The molecule has 0 bridgehead atoms. The average Bonchev–Trinajstić information content (AvgIpc) is 2.05. The molecule has 1 nitrogen and oxygen atoms in total. The highest BCUT2D eigenvalue weighted by Crippen LogP contribution is 2.13. The molecule has 0 atom stereocenters. The molecular formula is C8H5FIN. The summed E-state index contributed by atoms with van der Waals surface area (Å²) in [5, 5.41) is 8.47. The fraction of sp³-hybridized carbons (Fsp3) is 0.125. The molecule has 0 saturated heterocycles. The average molecular weight is 261 g/mol. The van der Waals surface area contributed by atoms with Crippen LogP contribution in [0.4, 0.5) is 4.39 Å². The molecule has 11 heavy (non-hydrogen) atoms. The highest BCUT2D eigenvalue weighted by molar-refractivity contribution is 14.1. The maximum Gasteiger partial charge on any atom is 0.127 e. The Kier molecular flexibility index (Phi) is 2.83. The van der Waals surface area contributed by atoms with Gasteiger partial charge in [0.2, 0.25) is 0 Å². The van der Waals surface area contributed by atoms with Crippen molar-refractivity contribution in [1.82, 2.24) is 0 Å². The molecule has 0 unspecified atom stereocenters. The predicted molar refractivity (Wildman–Crippen MR) is 48.8 cm³/mol. The number of hydrogen-bond donors (Lipinski definition) is 0. The first-order chi connectivity index (χ1) is 5.27. The van der Waals surface area contributed by atoms with Crippen molar-refractivity contribution < 1.29 is 4.39 Å². The van der Waals surface area contributed by atoms with E-state index < -0.39 is 0 Å². The van der Waals surface area contributed by atoms with Gasteiger partial charge in [0, 0.05) is 4.43 Å². The molecule has 1 aromatic carbocycles. The van der Waals surface area contributed by atoms with E-state index >= 15 is 0 Å². The van der Waals surface area contributed by atoms with Gasteiger partial charge in [0.25, 0.3) is 0 Å². The minimum absolute atomic E-state index is 0.238. The van der Waals surface area contributed by atoms with Gasteiger partial charge in [0.1, 0.15) is 5.82 Å². The minimum Gasteiger partial charge on any atom is -0.207 e. The van der Waals surface area contributed by atoms with E-state index in [2.05, 4.69) is 22.6 Å². The lowest BCUT2D eigenvalue weighted by molar-refractivity contribution is 0.618. The normalized spacial score (nSPS) is 9.18. The number of benzene rings is 1. The van der Waals surface area contributed by atoms with Crippen LogP contribution < -0.4 is 0 Å². The van der Waals surface area contributed by atoms with Crippen LogP contribution in [0.15, 0.2) is 18.2 Å². The Labute approximate surface area is 78.0 Å². The van der Waals surface area contributed by atoms with Crippen LogP contribution in [-0.4, -0.2) is 0 Å². The van der Waals surface area contributed by atoms with Crippen LogP contribution in [0.2, 0.25) is 0 Å². The summed E-state index contributed by atoms with van der Waals surface area (Å²) in [5.41, 5.74) is 1.10. The lowest BCUT2D eigenvalue weighted by Gasteiger charge is -1.96. The minimum atomic E-state index is -0.238. The predicted octanol–water partition coefficient (Wildman–Crippen LogP) is 2.63. The second-order valence-electron chi connectivity index (χ2n) is 2.05. The molecule has 1 aromatic rings. The van der Waals surface area contributed by atoms with Gasteiger partial charge in [-0.2, -0.15) is 5.26 Å². The van der Waals surface area contributed by atoms with E-state index in [9.17, 15) is 4.39 Å². The van der Waals surface area contributed by atoms with Crippen LogP contribution in [0.5, 0.6) is 0 Å². The van der Waals surface area contributed by atoms with Gasteiger partial charge in [-0.05, 0) is 23.8 Å². The van der Waals surface area contributed by atoms with Gasteiger partial charge in [-0.25, -0.2) is 4.39 Å². The number of nitriles is 1. The molecule has 0 saturated carbocycles. The van der Waals surface area contributed by atoms with Gasteiger partial charge in [-0.15, -0.1) is 0 Å². The fourth-order valence-electron chi connectivity index (χ4n) is 0.747. The van der Waals surface area contributed by atoms with E-state index in [1.54, 1.807) is 6.07 Å². The van der Waals surface area contributed by atoms with Gasteiger partial charge in [0.15, 0.2) is 0 Å². The zero-order chi connectivity index (χ0) is 8.27. The summed E-state index contributed by atoms with van der Waals surface area (Å²) in [6, 6.07) is 6.33. The Bertz CT molecular complexity index is 303. The van der Waals surface area contributed by atoms with Crippen LogP contribution in [0.3, 0.4) is 0 Å². The number of rotatable bonds is 1. The molecule has 0 amide bonds. The third-order valence-corrected chi connectivity index (χ3v) is 2.14. The van der Waals surface area contributed by atoms with Gasteiger partial charge in [0.05, 0.1) is 11.6 Å². The molecule has 0 heterocycles.